The van der Waals surface area contributed by atoms with Crippen molar-refractivity contribution in [2.24, 2.45) is 5.73 Å². The Morgan fingerprint density at radius 2 is 1.93 bits per heavy atom. The number of nitrogens with two attached hydrogens (primary N) is 1. The van der Waals surface area contributed by atoms with E-state index in [1.807, 2.05) is 31.2 Å². The first-order valence-corrected chi connectivity index (χ1v) is 8.33. The van der Waals surface area contributed by atoms with Gasteiger partial charge in [0.15, 0.2) is 6.61 Å². The van der Waals surface area contributed by atoms with E-state index in [1.165, 1.54) is 4.90 Å². The Balaban J connectivity index is 1.71. The van der Waals surface area contributed by atoms with Gasteiger partial charge in [-0.3, -0.25) is 14.5 Å². The van der Waals surface area contributed by atoms with Crippen molar-refractivity contribution >= 4 is 23.9 Å². The fraction of sp³-hybridized carbons (Fsp3) is 0.150. The molecule has 4 amide bonds. The summed E-state index contributed by atoms with van der Waals surface area (Å²) in [5.41, 5.74) is 7.89. The van der Waals surface area contributed by atoms with Crippen LogP contribution >= 0.6 is 0 Å². The molecule has 0 aliphatic carbocycles. The summed E-state index contributed by atoms with van der Waals surface area (Å²) in [5, 5.41) is 2.60. The molecule has 138 valence electrons. The Hall–Kier alpha value is -3.61. The lowest BCUT2D eigenvalue weighted by atomic mass is 10.1. The number of carbonyl (C=O) groups excluding carboxylic acids is 3. The van der Waals surface area contributed by atoms with E-state index in [2.05, 4.69) is 5.32 Å². The number of primary amides is 1. The van der Waals surface area contributed by atoms with Gasteiger partial charge >= 0.3 is 6.03 Å². The number of urea groups is 1. The van der Waals surface area contributed by atoms with Crippen molar-refractivity contribution in [3.8, 4) is 5.75 Å². The maximum atomic E-state index is 12.6. The molecule has 1 heterocycles. The van der Waals surface area contributed by atoms with Crippen LogP contribution in [0.1, 0.15) is 16.7 Å². The second-order valence-corrected chi connectivity index (χ2v) is 6.19. The summed E-state index contributed by atoms with van der Waals surface area (Å²) in [7, 11) is 0. The molecule has 0 unspecified atom stereocenters. The predicted octanol–water partition coefficient (Wildman–Crippen LogP) is 1.95. The molecule has 1 aliphatic rings. The number of ether oxygens (including phenoxy) is 1. The minimum atomic E-state index is -0.561. The van der Waals surface area contributed by atoms with Crippen LogP contribution < -0.4 is 15.8 Å². The summed E-state index contributed by atoms with van der Waals surface area (Å²) in [4.78, 5) is 36.6. The van der Waals surface area contributed by atoms with Crippen molar-refractivity contribution in [2.75, 3.05) is 6.61 Å². The lowest BCUT2D eigenvalue weighted by Gasteiger charge is -2.12. The quantitative estimate of drug-likeness (QED) is 0.603. The number of hydrogen-bond donors (Lipinski definition) is 2. The second-order valence-electron chi connectivity index (χ2n) is 6.19. The maximum Gasteiger partial charge on any atom is 0.329 e. The van der Waals surface area contributed by atoms with Crippen molar-refractivity contribution < 1.29 is 19.1 Å². The van der Waals surface area contributed by atoms with E-state index in [0.29, 0.717) is 11.3 Å². The molecular weight excluding hydrogens is 346 g/mol. The van der Waals surface area contributed by atoms with Gasteiger partial charge in [0, 0.05) is 0 Å². The Morgan fingerprint density at radius 3 is 2.59 bits per heavy atom. The van der Waals surface area contributed by atoms with E-state index in [-0.39, 0.29) is 24.8 Å². The number of nitrogens with zero attached hydrogens (tertiary/aromatic N) is 1. The topological polar surface area (TPSA) is 102 Å². The molecule has 1 saturated heterocycles. The van der Waals surface area contributed by atoms with Crippen LogP contribution in [0.3, 0.4) is 0 Å². The van der Waals surface area contributed by atoms with Crippen LogP contribution in [0.4, 0.5) is 4.79 Å². The molecule has 27 heavy (non-hydrogen) atoms. The normalized spacial score (nSPS) is 15.1. The van der Waals surface area contributed by atoms with E-state index in [1.54, 1.807) is 30.3 Å². The number of imide groups is 1. The number of aryl methyl sites for hydroxylation is 1. The van der Waals surface area contributed by atoms with Gasteiger partial charge in [-0.25, -0.2) is 4.79 Å². The number of carbonyl (C=O) groups is 3. The molecule has 0 aromatic heterocycles. The van der Waals surface area contributed by atoms with Crippen LogP contribution in [0.2, 0.25) is 0 Å². The van der Waals surface area contributed by atoms with Crippen molar-refractivity contribution in [1.82, 2.24) is 10.2 Å². The smallest absolute Gasteiger partial charge is 0.329 e. The molecule has 2 aromatic carbocycles. The van der Waals surface area contributed by atoms with Gasteiger partial charge in [0.25, 0.3) is 11.8 Å². The molecule has 0 atom stereocenters. The molecule has 7 heteroatoms. The van der Waals surface area contributed by atoms with Gasteiger partial charge < -0.3 is 15.8 Å². The molecule has 3 N–H and O–H groups in total. The lowest BCUT2D eigenvalue weighted by molar-refractivity contribution is -0.123. The second kappa shape index (κ2) is 7.74. The first kappa shape index (κ1) is 18.2. The molecule has 3 rings (SSSR count). The van der Waals surface area contributed by atoms with Gasteiger partial charge in [-0.1, -0.05) is 42.0 Å². The Morgan fingerprint density at radius 1 is 1.19 bits per heavy atom. The monoisotopic (exact) mass is 365 g/mol. The molecule has 0 spiro atoms. The van der Waals surface area contributed by atoms with Crippen molar-refractivity contribution in [3.05, 3.63) is 70.9 Å². The predicted molar refractivity (Wildman–Crippen MR) is 99.4 cm³/mol. The van der Waals surface area contributed by atoms with E-state index < -0.39 is 11.9 Å². The summed E-state index contributed by atoms with van der Waals surface area (Å²) < 4.78 is 5.18. The molecule has 1 fully saturated rings. The van der Waals surface area contributed by atoms with E-state index in [9.17, 15) is 14.4 Å². The van der Waals surface area contributed by atoms with Crippen LogP contribution in [0.5, 0.6) is 5.75 Å². The van der Waals surface area contributed by atoms with E-state index in [0.717, 1.165) is 11.1 Å². The van der Waals surface area contributed by atoms with Gasteiger partial charge in [0.2, 0.25) is 0 Å². The number of nitrogens with one attached hydrogen (secondary N) is 1. The highest BCUT2D eigenvalue weighted by Gasteiger charge is 2.33. The van der Waals surface area contributed by atoms with Crippen LogP contribution in [0.15, 0.2) is 54.2 Å². The van der Waals surface area contributed by atoms with Crippen molar-refractivity contribution in [1.29, 1.82) is 0 Å². The van der Waals surface area contributed by atoms with Gasteiger partial charge in [-0.05, 0) is 36.3 Å². The Bertz CT molecular complexity index is 919. The highest BCUT2D eigenvalue weighted by molar-refractivity contribution is 6.13. The zero-order chi connectivity index (χ0) is 19.4. The maximum absolute atomic E-state index is 12.6. The average molecular weight is 365 g/mol. The summed E-state index contributed by atoms with van der Waals surface area (Å²) in [5.74, 6) is -0.455. The van der Waals surface area contributed by atoms with Crippen LogP contribution in [0.25, 0.3) is 6.08 Å². The van der Waals surface area contributed by atoms with Crippen LogP contribution in [-0.4, -0.2) is 29.4 Å². The summed E-state index contributed by atoms with van der Waals surface area (Å²) in [6, 6.07) is 13.9. The fourth-order valence-electron chi connectivity index (χ4n) is 2.69. The van der Waals surface area contributed by atoms with Crippen molar-refractivity contribution in [3.63, 3.8) is 0 Å². The zero-order valence-corrected chi connectivity index (χ0v) is 14.8. The molecule has 7 nitrogen and oxygen atoms in total. The Kier molecular flexibility index (Phi) is 5.21. The summed E-state index contributed by atoms with van der Waals surface area (Å²) >= 11 is 0. The van der Waals surface area contributed by atoms with E-state index >= 15 is 0 Å². The number of rotatable bonds is 6. The third-order valence-electron chi connectivity index (χ3n) is 3.96. The Labute approximate surface area is 156 Å². The molecular formula is C20H19N3O4. The first-order chi connectivity index (χ1) is 12.9. The molecule has 0 bridgehead atoms. The molecule has 0 saturated carbocycles. The van der Waals surface area contributed by atoms with E-state index in [4.69, 9.17) is 10.5 Å². The summed E-state index contributed by atoms with van der Waals surface area (Å²) in [6.45, 7) is 1.96. The fourth-order valence-corrected chi connectivity index (χ4v) is 2.69. The minimum absolute atomic E-state index is 0.205. The third-order valence-corrected chi connectivity index (χ3v) is 3.96. The minimum Gasteiger partial charge on any atom is -0.484 e. The first-order valence-electron chi connectivity index (χ1n) is 8.33. The number of benzene rings is 2. The van der Waals surface area contributed by atoms with Crippen molar-refractivity contribution in [2.45, 2.75) is 13.5 Å². The van der Waals surface area contributed by atoms with Gasteiger partial charge in [0.1, 0.15) is 11.4 Å². The number of hydrogen-bond acceptors (Lipinski definition) is 4. The van der Waals surface area contributed by atoms with Gasteiger partial charge in [0.05, 0.1) is 6.54 Å². The highest BCUT2D eigenvalue weighted by Crippen LogP contribution is 2.19. The van der Waals surface area contributed by atoms with Crippen LogP contribution in [-0.2, 0) is 16.1 Å². The molecule has 2 aromatic rings. The van der Waals surface area contributed by atoms with Gasteiger partial charge in [-0.15, -0.1) is 0 Å². The third kappa shape index (κ3) is 4.52. The summed E-state index contributed by atoms with van der Waals surface area (Å²) in [6.07, 6.45) is 1.59. The average Bonchev–Trinajstić information content (AvgIpc) is 2.89. The molecule has 0 radical (unpaired) electrons. The number of amides is 4. The highest BCUT2D eigenvalue weighted by atomic mass is 16.5. The largest absolute Gasteiger partial charge is 0.484 e. The van der Waals surface area contributed by atoms with Gasteiger partial charge in [-0.2, -0.15) is 0 Å². The lowest BCUT2D eigenvalue weighted by Crippen LogP contribution is -2.30. The molecule has 1 aliphatic heterocycles. The zero-order valence-electron chi connectivity index (χ0n) is 14.8. The van der Waals surface area contributed by atoms with Crippen LogP contribution in [0, 0.1) is 6.92 Å². The SMILES string of the molecule is Cc1cccc(CN2C(=O)N/C(=C/c3ccc(OCC(N)=O)cc3)C2=O)c1. The standard InChI is InChI=1S/C20H19N3O4/c1-13-3-2-4-15(9-13)11-23-19(25)17(22-20(23)26)10-14-5-7-16(8-6-14)27-12-18(21)24/h2-10H,11-12H2,1H3,(H2,21,24)(H,22,26)/b17-10+.